The molecule has 3 saturated carbocycles. The maximum Gasteiger partial charge on any atom is 0.123 e. The maximum atomic E-state index is 13.2. The average molecular weight is 271 g/mol. The van der Waals surface area contributed by atoms with Crippen molar-refractivity contribution in [2.75, 3.05) is 0 Å². The molecule has 20 heavy (non-hydrogen) atoms. The van der Waals surface area contributed by atoms with Gasteiger partial charge in [-0.2, -0.15) is 0 Å². The molecule has 1 aromatic carbocycles. The van der Waals surface area contributed by atoms with Crippen LogP contribution in [-0.4, -0.2) is 12.3 Å². The van der Waals surface area contributed by atoms with Gasteiger partial charge in [0.1, 0.15) is 5.82 Å². The van der Waals surface area contributed by atoms with Crippen LogP contribution in [0.1, 0.15) is 44.1 Å². The summed E-state index contributed by atoms with van der Waals surface area (Å²) in [5.41, 5.74) is 0.900. The summed E-state index contributed by atoms with van der Waals surface area (Å²) in [5.74, 6) is 3.40. The Balaban J connectivity index is 1.56. The van der Waals surface area contributed by atoms with Gasteiger partial charge in [-0.05, 0) is 67.1 Å². The van der Waals surface area contributed by atoms with Gasteiger partial charge in [-0.3, -0.25) is 4.99 Å². The number of hydrogen-bond donors (Lipinski definition) is 0. The van der Waals surface area contributed by atoms with Gasteiger partial charge in [-0.1, -0.05) is 25.0 Å². The molecule has 2 heteroatoms. The molecule has 3 fully saturated rings. The summed E-state index contributed by atoms with van der Waals surface area (Å²) in [6, 6.07) is 7.27. The van der Waals surface area contributed by atoms with Crippen LogP contribution in [-0.2, 0) is 0 Å². The van der Waals surface area contributed by atoms with E-state index in [2.05, 4.69) is 0 Å². The standard InChI is InChI=1S/C18H22FN/c19-17-6-1-3-12(7-17)11-20-18-14-5-2-4-13-8-16(18)10-15(13)9-14/h1,3,6-7,11,13-16,18H,2,4-5,8-10H2. The Hall–Kier alpha value is -1.18. The largest absolute Gasteiger partial charge is 0.289 e. The Kier molecular flexibility index (Phi) is 3.13. The van der Waals surface area contributed by atoms with Crippen molar-refractivity contribution in [3.8, 4) is 0 Å². The zero-order chi connectivity index (χ0) is 13.5. The molecule has 0 N–H and O–H groups in total. The van der Waals surface area contributed by atoms with E-state index in [0.29, 0.717) is 6.04 Å². The lowest BCUT2D eigenvalue weighted by molar-refractivity contribution is 0.215. The summed E-state index contributed by atoms with van der Waals surface area (Å²) < 4.78 is 13.2. The Morgan fingerprint density at radius 3 is 2.70 bits per heavy atom. The van der Waals surface area contributed by atoms with E-state index in [1.54, 1.807) is 12.1 Å². The Labute approximate surface area is 120 Å². The van der Waals surface area contributed by atoms with Crippen LogP contribution in [0.4, 0.5) is 4.39 Å². The number of benzene rings is 1. The predicted molar refractivity (Wildman–Crippen MR) is 79.4 cm³/mol. The highest BCUT2D eigenvalue weighted by atomic mass is 19.1. The highest BCUT2D eigenvalue weighted by Crippen LogP contribution is 2.54. The molecule has 3 bridgehead atoms. The number of halogens is 1. The van der Waals surface area contributed by atoms with Crippen molar-refractivity contribution < 1.29 is 4.39 Å². The first kappa shape index (κ1) is 12.6. The van der Waals surface area contributed by atoms with E-state index >= 15 is 0 Å². The fraction of sp³-hybridized carbons (Fsp3) is 0.611. The third-order valence-electron chi connectivity index (χ3n) is 5.84. The fourth-order valence-electron chi connectivity index (χ4n) is 5.03. The molecule has 1 aromatic rings. The van der Waals surface area contributed by atoms with E-state index in [0.717, 1.165) is 29.2 Å². The van der Waals surface area contributed by atoms with Crippen molar-refractivity contribution in [3.63, 3.8) is 0 Å². The van der Waals surface area contributed by atoms with E-state index < -0.39 is 0 Å². The van der Waals surface area contributed by atoms with Crippen molar-refractivity contribution in [2.24, 2.45) is 28.7 Å². The fourth-order valence-corrected chi connectivity index (χ4v) is 5.03. The van der Waals surface area contributed by atoms with Crippen molar-refractivity contribution in [1.82, 2.24) is 0 Å². The van der Waals surface area contributed by atoms with Crippen molar-refractivity contribution in [1.29, 1.82) is 0 Å². The summed E-state index contributed by atoms with van der Waals surface area (Å²) in [7, 11) is 0. The lowest BCUT2D eigenvalue weighted by atomic mass is 9.76. The number of nitrogens with zero attached hydrogens (tertiary/aromatic N) is 1. The van der Waals surface area contributed by atoms with E-state index in [-0.39, 0.29) is 5.82 Å². The molecule has 106 valence electrons. The van der Waals surface area contributed by atoms with Crippen LogP contribution in [0.25, 0.3) is 0 Å². The Morgan fingerprint density at radius 1 is 1.00 bits per heavy atom. The quantitative estimate of drug-likeness (QED) is 0.704. The van der Waals surface area contributed by atoms with Crippen molar-refractivity contribution in [2.45, 2.75) is 44.6 Å². The van der Waals surface area contributed by atoms with Crippen molar-refractivity contribution >= 4 is 6.21 Å². The van der Waals surface area contributed by atoms with Crippen LogP contribution in [0.3, 0.4) is 0 Å². The van der Waals surface area contributed by atoms with Crippen LogP contribution < -0.4 is 0 Å². The van der Waals surface area contributed by atoms with Crippen LogP contribution >= 0.6 is 0 Å². The monoisotopic (exact) mass is 271 g/mol. The molecule has 5 unspecified atom stereocenters. The number of aliphatic imine (C=N–C) groups is 1. The molecule has 5 atom stereocenters. The van der Waals surface area contributed by atoms with Gasteiger partial charge >= 0.3 is 0 Å². The zero-order valence-electron chi connectivity index (χ0n) is 11.8. The minimum Gasteiger partial charge on any atom is -0.289 e. The second-order valence-electron chi connectivity index (χ2n) is 7.00. The molecular weight excluding hydrogens is 249 g/mol. The lowest BCUT2D eigenvalue weighted by Gasteiger charge is -2.33. The third-order valence-corrected chi connectivity index (χ3v) is 5.84. The first-order chi connectivity index (χ1) is 9.79. The van der Waals surface area contributed by atoms with E-state index in [4.69, 9.17) is 4.99 Å². The normalized spacial score (nSPS) is 39.4. The summed E-state index contributed by atoms with van der Waals surface area (Å²) >= 11 is 0. The van der Waals surface area contributed by atoms with Gasteiger partial charge in [0.25, 0.3) is 0 Å². The number of fused-ring (bicyclic) bond motifs is 2. The molecule has 0 amide bonds. The third kappa shape index (κ3) is 2.19. The SMILES string of the molecule is Fc1cccc(C=NC2C3CCCC4CC2CC4C3)c1. The number of hydrogen-bond acceptors (Lipinski definition) is 1. The van der Waals surface area contributed by atoms with Crippen LogP contribution in [0.15, 0.2) is 29.3 Å². The van der Waals surface area contributed by atoms with Gasteiger partial charge in [0, 0.05) is 6.21 Å². The van der Waals surface area contributed by atoms with Gasteiger partial charge < -0.3 is 0 Å². The molecule has 1 nitrogen and oxygen atoms in total. The van der Waals surface area contributed by atoms with Gasteiger partial charge in [-0.15, -0.1) is 0 Å². The molecule has 0 spiro atoms. The van der Waals surface area contributed by atoms with E-state index in [1.165, 1.54) is 44.6 Å². The minimum absolute atomic E-state index is 0.170. The molecular formula is C18H22FN. The molecule has 0 radical (unpaired) electrons. The molecule has 0 saturated heterocycles. The zero-order valence-corrected chi connectivity index (χ0v) is 11.8. The lowest BCUT2D eigenvalue weighted by Crippen LogP contribution is -2.31. The van der Waals surface area contributed by atoms with Gasteiger partial charge in [-0.25, -0.2) is 4.39 Å². The Bertz CT molecular complexity index is 524. The van der Waals surface area contributed by atoms with Crippen LogP contribution in [0, 0.1) is 29.5 Å². The number of rotatable bonds is 2. The smallest absolute Gasteiger partial charge is 0.123 e. The van der Waals surface area contributed by atoms with Gasteiger partial charge in [0.15, 0.2) is 0 Å². The highest BCUT2D eigenvalue weighted by molar-refractivity contribution is 5.79. The second-order valence-corrected chi connectivity index (χ2v) is 7.00. The Morgan fingerprint density at radius 2 is 1.80 bits per heavy atom. The molecule has 4 rings (SSSR count). The first-order valence-corrected chi connectivity index (χ1v) is 8.08. The average Bonchev–Trinajstić information content (AvgIpc) is 2.67. The van der Waals surface area contributed by atoms with Gasteiger partial charge in [0.2, 0.25) is 0 Å². The molecule has 3 aliphatic carbocycles. The topological polar surface area (TPSA) is 12.4 Å². The first-order valence-electron chi connectivity index (χ1n) is 8.08. The summed E-state index contributed by atoms with van der Waals surface area (Å²) in [5, 5.41) is 0. The molecule has 0 aromatic heterocycles. The van der Waals surface area contributed by atoms with Crippen molar-refractivity contribution in [3.05, 3.63) is 35.6 Å². The minimum atomic E-state index is -0.170. The second kappa shape index (κ2) is 4.98. The molecule has 0 heterocycles. The van der Waals surface area contributed by atoms with Crippen LogP contribution in [0.5, 0.6) is 0 Å². The summed E-state index contributed by atoms with van der Waals surface area (Å²) in [6.07, 6.45) is 10.3. The maximum absolute atomic E-state index is 13.2. The van der Waals surface area contributed by atoms with Crippen LogP contribution in [0.2, 0.25) is 0 Å². The molecule has 0 aliphatic heterocycles. The van der Waals surface area contributed by atoms with E-state index in [9.17, 15) is 4.39 Å². The predicted octanol–water partition coefficient (Wildman–Crippen LogP) is 4.46. The van der Waals surface area contributed by atoms with Gasteiger partial charge in [0.05, 0.1) is 6.04 Å². The molecule has 3 aliphatic rings. The highest BCUT2D eigenvalue weighted by Gasteiger charge is 2.47. The van der Waals surface area contributed by atoms with E-state index in [1.807, 2.05) is 12.3 Å². The summed E-state index contributed by atoms with van der Waals surface area (Å²) in [6.45, 7) is 0. The summed E-state index contributed by atoms with van der Waals surface area (Å²) in [4.78, 5) is 4.90.